The third-order valence-electron chi connectivity index (χ3n) is 3.69. The molecule has 2 aromatic carbocycles. The highest BCUT2D eigenvalue weighted by Crippen LogP contribution is 2.14. The van der Waals surface area contributed by atoms with E-state index in [1.165, 1.54) is 0 Å². The molecule has 0 saturated heterocycles. The molecule has 4 heteroatoms. The summed E-state index contributed by atoms with van der Waals surface area (Å²) in [5.41, 5.74) is 1.99. The van der Waals surface area contributed by atoms with Crippen molar-refractivity contribution in [1.82, 2.24) is 4.90 Å². The minimum Gasteiger partial charge on any atom is -0.497 e. The first kappa shape index (κ1) is 17.2. The van der Waals surface area contributed by atoms with Gasteiger partial charge in [0.25, 0.3) is 0 Å². The van der Waals surface area contributed by atoms with Crippen LogP contribution in [0, 0.1) is 23.3 Å². The monoisotopic (exact) mass is 320 g/mol. The van der Waals surface area contributed by atoms with Crippen LogP contribution in [0.4, 0.5) is 0 Å². The second-order valence-electron chi connectivity index (χ2n) is 5.28. The van der Waals surface area contributed by atoms with Crippen molar-refractivity contribution in [3.63, 3.8) is 0 Å². The Kier molecular flexibility index (Phi) is 6.11. The summed E-state index contributed by atoms with van der Waals surface area (Å²) in [6.07, 6.45) is 2.81. The maximum Gasteiger partial charge on any atom is 0.180 e. The second kappa shape index (κ2) is 8.50. The number of methoxy groups -OCH3 is 2. The zero-order chi connectivity index (χ0) is 17.4. The first-order valence-electron chi connectivity index (χ1n) is 7.57. The van der Waals surface area contributed by atoms with Crippen molar-refractivity contribution in [3.8, 4) is 29.5 Å². The van der Waals surface area contributed by atoms with Crippen LogP contribution in [-0.2, 0) is 6.42 Å². The fourth-order valence-electron chi connectivity index (χ4n) is 2.18. The van der Waals surface area contributed by atoms with E-state index in [0.717, 1.165) is 22.6 Å². The SMILES string of the molecule is COc1ccc(C#C[C@H](Cc2ccc(OC)cc2)N(C)C#N)cc1. The third kappa shape index (κ3) is 4.69. The number of likely N-dealkylation sites (N-methyl/N-ethyl adjacent to an activating group) is 1. The van der Waals surface area contributed by atoms with E-state index >= 15 is 0 Å². The Hall–Kier alpha value is -3.11. The highest BCUT2D eigenvalue weighted by molar-refractivity contribution is 5.39. The third-order valence-corrected chi connectivity index (χ3v) is 3.69. The van der Waals surface area contributed by atoms with Crippen LogP contribution < -0.4 is 9.47 Å². The molecule has 2 rings (SSSR count). The summed E-state index contributed by atoms with van der Waals surface area (Å²) < 4.78 is 10.3. The van der Waals surface area contributed by atoms with Gasteiger partial charge in [0, 0.05) is 19.0 Å². The Balaban J connectivity index is 2.16. The van der Waals surface area contributed by atoms with Crippen molar-refractivity contribution in [3.05, 3.63) is 59.7 Å². The van der Waals surface area contributed by atoms with Gasteiger partial charge < -0.3 is 9.47 Å². The number of benzene rings is 2. The van der Waals surface area contributed by atoms with Gasteiger partial charge in [-0.05, 0) is 42.0 Å². The lowest BCUT2D eigenvalue weighted by Crippen LogP contribution is -2.28. The Morgan fingerprint density at radius 3 is 2.00 bits per heavy atom. The molecule has 0 saturated carbocycles. The van der Waals surface area contributed by atoms with Gasteiger partial charge in [-0.1, -0.05) is 24.0 Å². The van der Waals surface area contributed by atoms with Gasteiger partial charge in [0.1, 0.15) is 17.5 Å². The summed E-state index contributed by atoms with van der Waals surface area (Å²) in [5, 5.41) is 9.20. The predicted molar refractivity (Wildman–Crippen MR) is 93.7 cm³/mol. The van der Waals surface area contributed by atoms with E-state index in [-0.39, 0.29) is 6.04 Å². The largest absolute Gasteiger partial charge is 0.497 e. The van der Waals surface area contributed by atoms with Crippen LogP contribution in [0.25, 0.3) is 0 Å². The molecule has 0 aliphatic rings. The topological polar surface area (TPSA) is 45.5 Å². The molecule has 2 aromatic rings. The van der Waals surface area contributed by atoms with E-state index in [4.69, 9.17) is 9.47 Å². The average molecular weight is 320 g/mol. The van der Waals surface area contributed by atoms with Crippen LogP contribution in [-0.4, -0.2) is 32.2 Å². The van der Waals surface area contributed by atoms with Crippen molar-refractivity contribution in [2.24, 2.45) is 0 Å². The number of hydrogen-bond donors (Lipinski definition) is 0. The van der Waals surface area contributed by atoms with Crippen molar-refractivity contribution in [2.45, 2.75) is 12.5 Å². The quantitative estimate of drug-likeness (QED) is 0.482. The molecular weight excluding hydrogens is 300 g/mol. The number of rotatable bonds is 5. The molecule has 0 aromatic heterocycles. The summed E-state index contributed by atoms with van der Waals surface area (Å²) in [4.78, 5) is 1.57. The normalized spacial score (nSPS) is 10.8. The highest BCUT2D eigenvalue weighted by Gasteiger charge is 2.11. The summed E-state index contributed by atoms with van der Waals surface area (Å²) in [6, 6.07) is 15.2. The van der Waals surface area contributed by atoms with Crippen LogP contribution in [0.15, 0.2) is 48.5 Å². The van der Waals surface area contributed by atoms with Crippen molar-refractivity contribution < 1.29 is 9.47 Å². The highest BCUT2D eigenvalue weighted by atomic mass is 16.5. The van der Waals surface area contributed by atoms with Gasteiger partial charge >= 0.3 is 0 Å². The number of nitriles is 1. The minimum atomic E-state index is -0.189. The fourth-order valence-corrected chi connectivity index (χ4v) is 2.18. The predicted octanol–water partition coefficient (Wildman–Crippen LogP) is 3.08. The Labute approximate surface area is 143 Å². The van der Waals surface area contributed by atoms with E-state index in [2.05, 4.69) is 18.0 Å². The summed E-state index contributed by atoms with van der Waals surface area (Å²) >= 11 is 0. The van der Waals surface area contributed by atoms with E-state index in [9.17, 15) is 5.26 Å². The first-order valence-corrected chi connectivity index (χ1v) is 7.57. The fraction of sp³-hybridized carbons (Fsp3) is 0.250. The van der Waals surface area contributed by atoms with Gasteiger partial charge in [-0.15, -0.1) is 0 Å². The van der Waals surface area contributed by atoms with Gasteiger partial charge in [-0.2, -0.15) is 5.26 Å². The molecule has 24 heavy (non-hydrogen) atoms. The number of ether oxygens (including phenoxy) is 2. The van der Waals surface area contributed by atoms with Crippen LogP contribution in [0.3, 0.4) is 0 Å². The van der Waals surface area contributed by atoms with Gasteiger partial charge in [-0.3, -0.25) is 4.90 Å². The molecule has 0 radical (unpaired) electrons. The molecule has 0 aliphatic heterocycles. The maximum atomic E-state index is 9.20. The summed E-state index contributed by atoms with van der Waals surface area (Å²) in [7, 11) is 5.02. The van der Waals surface area contributed by atoms with E-state index in [1.54, 1.807) is 26.2 Å². The van der Waals surface area contributed by atoms with Crippen LogP contribution >= 0.6 is 0 Å². The maximum absolute atomic E-state index is 9.20. The first-order chi connectivity index (χ1) is 11.7. The Morgan fingerprint density at radius 1 is 0.958 bits per heavy atom. The van der Waals surface area contributed by atoms with Crippen LogP contribution in [0.5, 0.6) is 11.5 Å². The molecule has 0 N–H and O–H groups in total. The zero-order valence-corrected chi connectivity index (χ0v) is 14.1. The lowest BCUT2D eigenvalue weighted by Gasteiger charge is -2.18. The molecule has 0 spiro atoms. The van der Waals surface area contributed by atoms with Gasteiger partial charge in [0.15, 0.2) is 6.19 Å². The molecule has 0 bridgehead atoms. The molecule has 0 unspecified atom stereocenters. The number of nitrogens with zero attached hydrogens (tertiary/aromatic N) is 2. The Morgan fingerprint density at radius 2 is 1.50 bits per heavy atom. The lowest BCUT2D eigenvalue weighted by atomic mass is 10.0. The average Bonchev–Trinajstić information content (AvgIpc) is 2.65. The van der Waals surface area contributed by atoms with Crippen molar-refractivity contribution in [2.75, 3.05) is 21.3 Å². The molecule has 0 amide bonds. The van der Waals surface area contributed by atoms with Gasteiger partial charge in [-0.25, -0.2) is 0 Å². The summed E-state index contributed by atoms with van der Waals surface area (Å²) in [6.45, 7) is 0. The summed E-state index contributed by atoms with van der Waals surface area (Å²) in [5.74, 6) is 7.92. The van der Waals surface area contributed by atoms with Crippen molar-refractivity contribution >= 4 is 0 Å². The molecule has 0 aliphatic carbocycles. The van der Waals surface area contributed by atoms with Gasteiger partial charge in [0.2, 0.25) is 0 Å². The van der Waals surface area contributed by atoms with Crippen LogP contribution in [0.1, 0.15) is 11.1 Å². The molecule has 1 atom stereocenters. The molecule has 4 nitrogen and oxygen atoms in total. The lowest BCUT2D eigenvalue weighted by molar-refractivity contribution is 0.406. The van der Waals surface area contributed by atoms with E-state index in [1.807, 2.05) is 48.5 Å². The zero-order valence-electron chi connectivity index (χ0n) is 14.1. The van der Waals surface area contributed by atoms with Gasteiger partial charge in [0.05, 0.1) is 14.2 Å². The molecular formula is C20H20N2O2. The standard InChI is InChI=1S/C20H20N2O2/c1-22(15-21)18(14-17-7-12-20(24-3)13-8-17)9-4-16-5-10-19(23-2)11-6-16/h5-8,10-13,18H,14H2,1-3H3/t18-/m1/s1. The number of hydrogen-bond acceptors (Lipinski definition) is 4. The Bertz CT molecular complexity index is 749. The molecule has 0 heterocycles. The van der Waals surface area contributed by atoms with Crippen LogP contribution in [0.2, 0.25) is 0 Å². The minimum absolute atomic E-state index is 0.189. The van der Waals surface area contributed by atoms with Crippen molar-refractivity contribution in [1.29, 1.82) is 5.26 Å². The van der Waals surface area contributed by atoms with E-state index in [0.29, 0.717) is 6.42 Å². The second-order valence-corrected chi connectivity index (χ2v) is 5.28. The molecule has 0 fully saturated rings. The molecule has 122 valence electrons. The van der Waals surface area contributed by atoms with E-state index < -0.39 is 0 Å². The smallest absolute Gasteiger partial charge is 0.180 e.